The van der Waals surface area contributed by atoms with Gasteiger partial charge < -0.3 is 5.11 Å². The summed E-state index contributed by atoms with van der Waals surface area (Å²) in [6.45, 7) is 0. The summed E-state index contributed by atoms with van der Waals surface area (Å²) in [5.74, 6) is 0.216. The lowest BCUT2D eigenvalue weighted by atomic mass is 9.71. The molecule has 0 aliphatic heterocycles. The van der Waals surface area contributed by atoms with Crippen LogP contribution in [0.25, 0.3) is 0 Å². The van der Waals surface area contributed by atoms with Crippen LogP contribution in [0.4, 0.5) is 0 Å². The topological polar surface area (TPSA) is 37.3 Å². The number of rotatable bonds is 3. The maximum absolute atomic E-state index is 11.2. The van der Waals surface area contributed by atoms with Crippen molar-refractivity contribution in [1.29, 1.82) is 0 Å². The zero-order valence-electron chi connectivity index (χ0n) is 8.09. The van der Waals surface area contributed by atoms with Crippen molar-refractivity contribution in [3.63, 3.8) is 0 Å². The van der Waals surface area contributed by atoms with Crippen molar-refractivity contribution in [3.05, 3.63) is 0 Å². The second kappa shape index (κ2) is 3.32. The van der Waals surface area contributed by atoms with Gasteiger partial charge in [0.05, 0.1) is 5.41 Å². The Morgan fingerprint density at radius 3 is 2.31 bits per heavy atom. The zero-order valence-corrected chi connectivity index (χ0v) is 8.09. The van der Waals surface area contributed by atoms with Crippen molar-refractivity contribution in [3.8, 4) is 0 Å². The monoisotopic (exact) mass is 182 g/mol. The van der Waals surface area contributed by atoms with Gasteiger partial charge in [-0.15, -0.1) is 0 Å². The lowest BCUT2D eigenvalue weighted by Gasteiger charge is -2.33. The molecular weight excluding hydrogens is 164 g/mol. The van der Waals surface area contributed by atoms with Crippen LogP contribution < -0.4 is 0 Å². The summed E-state index contributed by atoms with van der Waals surface area (Å²) in [5, 5.41) is 9.27. The average Bonchev–Trinajstić information content (AvgIpc) is 2.90. The van der Waals surface area contributed by atoms with Crippen molar-refractivity contribution in [1.82, 2.24) is 0 Å². The standard InChI is InChI=1S/C11H18O2/c12-10(13)11(8-9-4-5-9)6-2-1-3-7-11/h9H,1-8H2,(H,12,13). The molecule has 0 saturated heterocycles. The summed E-state index contributed by atoms with van der Waals surface area (Å²) in [7, 11) is 0. The first kappa shape index (κ1) is 9.04. The molecule has 2 aliphatic rings. The fourth-order valence-electron chi connectivity index (χ4n) is 2.61. The number of carbonyl (C=O) groups is 1. The van der Waals surface area contributed by atoms with Crippen LogP contribution in [0.2, 0.25) is 0 Å². The Kier molecular flexibility index (Phi) is 2.31. The van der Waals surface area contributed by atoms with Crippen LogP contribution in [0, 0.1) is 11.3 Å². The molecular formula is C11H18O2. The lowest BCUT2D eigenvalue weighted by Crippen LogP contribution is -2.33. The Hall–Kier alpha value is -0.530. The minimum atomic E-state index is -0.529. The van der Waals surface area contributed by atoms with Crippen LogP contribution in [0.5, 0.6) is 0 Å². The van der Waals surface area contributed by atoms with Gasteiger partial charge >= 0.3 is 5.97 Å². The van der Waals surface area contributed by atoms with Crippen LogP contribution in [0.3, 0.4) is 0 Å². The smallest absolute Gasteiger partial charge is 0.309 e. The highest BCUT2D eigenvalue weighted by Gasteiger charge is 2.43. The first-order valence-electron chi connectivity index (χ1n) is 5.46. The molecule has 0 heterocycles. The van der Waals surface area contributed by atoms with Gasteiger partial charge in [-0.1, -0.05) is 32.1 Å². The molecule has 2 aliphatic carbocycles. The van der Waals surface area contributed by atoms with E-state index in [9.17, 15) is 9.90 Å². The molecule has 13 heavy (non-hydrogen) atoms. The van der Waals surface area contributed by atoms with Crippen LogP contribution >= 0.6 is 0 Å². The van der Waals surface area contributed by atoms with E-state index in [0.717, 1.165) is 38.0 Å². The summed E-state index contributed by atoms with van der Waals surface area (Å²) in [4.78, 5) is 11.2. The van der Waals surface area contributed by atoms with Gasteiger partial charge in [-0.2, -0.15) is 0 Å². The molecule has 0 amide bonds. The molecule has 0 aromatic rings. The van der Waals surface area contributed by atoms with Crippen molar-refractivity contribution in [2.45, 2.75) is 51.4 Å². The quantitative estimate of drug-likeness (QED) is 0.728. The van der Waals surface area contributed by atoms with Gasteiger partial charge in [0.1, 0.15) is 0 Å². The Balaban J connectivity index is 2.02. The van der Waals surface area contributed by atoms with Crippen LogP contribution in [-0.2, 0) is 4.79 Å². The Labute approximate surface area is 79.3 Å². The van der Waals surface area contributed by atoms with Crippen molar-refractivity contribution in [2.75, 3.05) is 0 Å². The van der Waals surface area contributed by atoms with Gasteiger partial charge in [-0.25, -0.2) is 0 Å². The third kappa shape index (κ3) is 1.87. The first-order valence-corrected chi connectivity index (χ1v) is 5.46. The Morgan fingerprint density at radius 2 is 1.85 bits per heavy atom. The third-order valence-corrected chi connectivity index (χ3v) is 3.64. The molecule has 2 nitrogen and oxygen atoms in total. The predicted octanol–water partition coefficient (Wildman–Crippen LogP) is 2.82. The van der Waals surface area contributed by atoms with E-state index in [1.165, 1.54) is 19.3 Å². The van der Waals surface area contributed by atoms with Crippen molar-refractivity contribution >= 4 is 5.97 Å². The number of carboxylic acid groups (broad SMARTS) is 1. The third-order valence-electron chi connectivity index (χ3n) is 3.64. The highest BCUT2D eigenvalue weighted by atomic mass is 16.4. The molecule has 0 aromatic carbocycles. The van der Waals surface area contributed by atoms with Crippen LogP contribution in [-0.4, -0.2) is 11.1 Å². The molecule has 0 unspecified atom stereocenters. The highest BCUT2D eigenvalue weighted by Crippen LogP contribution is 2.47. The fourth-order valence-corrected chi connectivity index (χ4v) is 2.61. The predicted molar refractivity (Wildman–Crippen MR) is 50.5 cm³/mol. The van der Waals surface area contributed by atoms with Gasteiger partial charge in [0.2, 0.25) is 0 Å². The van der Waals surface area contributed by atoms with Crippen molar-refractivity contribution < 1.29 is 9.90 Å². The van der Waals surface area contributed by atoms with E-state index in [2.05, 4.69) is 0 Å². The molecule has 0 atom stereocenters. The molecule has 0 radical (unpaired) electrons. The number of hydrogen-bond acceptors (Lipinski definition) is 1. The minimum Gasteiger partial charge on any atom is -0.481 e. The van der Waals surface area contributed by atoms with Crippen LogP contribution in [0.15, 0.2) is 0 Å². The summed E-state index contributed by atoms with van der Waals surface area (Å²) in [5.41, 5.74) is -0.320. The van der Waals surface area contributed by atoms with E-state index >= 15 is 0 Å². The summed E-state index contributed by atoms with van der Waals surface area (Å²) < 4.78 is 0. The van der Waals surface area contributed by atoms with Gasteiger partial charge in [0, 0.05) is 0 Å². The zero-order chi connectivity index (χ0) is 9.31. The Bertz CT molecular complexity index is 200. The molecule has 0 spiro atoms. The fraction of sp³-hybridized carbons (Fsp3) is 0.909. The molecule has 2 heteroatoms. The van der Waals surface area contributed by atoms with Crippen molar-refractivity contribution in [2.24, 2.45) is 11.3 Å². The summed E-state index contributed by atoms with van der Waals surface area (Å²) in [6, 6.07) is 0. The summed E-state index contributed by atoms with van der Waals surface area (Å²) >= 11 is 0. The highest BCUT2D eigenvalue weighted by molar-refractivity contribution is 5.74. The first-order chi connectivity index (χ1) is 6.23. The van der Waals surface area contributed by atoms with E-state index in [1.54, 1.807) is 0 Å². The second-order valence-electron chi connectivity index (χ2n) is 4.79. The van der Waals surface area contributed by atoms with Gasteiger partial charge in [0.25, 0.3) is 0 Å². The number of hydrogen-bond donors (Lipinski definition) is 1. The molecule has 1 N–H and O–H groups in total. The van der Waals surface area contributed by atoms with E-state index in [0.29, 0.717) is 0 Å². The molecule has 2 saturated carbocycles. The Morgan fingerprint density at radius 1 is 1.23 bits per heavy atom. The van der Waals surface area contributed by atoms with E-state index in [-0.39, 0.29) is 5.41 Å². The van der Waals surface area contributed by atoms with Gasteiger partial charge in [0.15, 0.2) is 0 Å². The SMILES string of the molecule is O=C(O)C1(CC2CC2)CCCCC1. The molecule has 0 bridgehead atoms. The molecule has 74 valence electrons. The van der Waals surface area contributed by atoms with E-state index in [1.807, 2.05) is 0 Å². The lowest BCUT2D eigenvalue weighted by molar-refractivity contribution is -0.152. The van der Waals surface area contributed by atoms with E-state index < -0.39 is 5.97 Å². The molecule has 2 rings (SSSR count). The van der Waals surface area contributed by atoms with Crippen LogP contribution in [0.1, 0.15) is 51.4 Å². The minimum absolute atomic E-state index is 0.320. The normalized spacial score (nSPS) is 27.1. The molecule has 2 fully saturated rings. The molecule has 0 aromatic heterocycles. The number of aliphatic carboxylic acids is 1. The average molecular weight is 182 g/mol. The maximum Gasteiger partial charge on any atom is 0.309 e. The second-order valence-corrected chi connectivity index (χ2v) is 4.79. The van der Waals surface area contributed by atoms with E-state index in [4.69, 9.17) is 0 Å². The number of carboxylic acids is 1. The maximum atomic E-state index is 11.2. The largest absolute Gasteiger partial charge is 0.481 e. The van der Waals surface area contributed by atoms with Gasteiger partial charge in [-0.3, -0.25) is 4.79 Å². The van der Waals surface area contributed by atoms with Gasteiger partial charge in [-0.05, 0) is 25.2 Å². The summed E-state index contributed by atoms with van der Waals surface area (Å²) in [6.07, 6.45) is 8.85.